The number of carboxylic acid groups (broad SMARTS) is 3. The van der Waals surface area contributed by atoms with Crippen molar-refractivity contribution in [2.24, 2.45) is 0 Å². The van der Waals surface area contributed by atoms with Crippen LogP contribution in [0.3, 0.4) is 0 Å². The number of hydrogen-bond donors (Lipinski definition) is 7. The quantitative estimate of drug-likeness (QED) is 0.137. The number of likely N-dealkylation sites (N-methyl/N-ethyl adjacent to an activating group) is 1. The molecule has 3 amide bonds. The SMILES string of the molecule is CCNC(CCC(=O)O)C(=O)NC(CCC(=O)O)C(=O)NC(CCC(=O)O)C(=O)NC(C)C. The van der Waals surface area contributed by atoms with Gasteiger partial charge >= 0.3 is 17.9 Å². The van der Waals surface area contributed by atoms with Gasteiger partial charge in [-0.05, 0) is 39.7 Å². The molecule has 33 heavy (non-hydrogen) atoms. The van der Waals surface area contributed by atoms with Crippen molar-refractivity contribution < 1.29 is 44.1 Å². The molecule has 0 saturated carbocycles. The molecule has 13 heteroatoms. The highest BCUT2D eigenvalue weighted by molar-refractivity contribution is 5.93. The van der Waals surface area contributed by atoms with Gasteiger partial charge in [-0.15, -0.1) is 0 Å². The van der Waals surface area contributed by atoms with Crippen LogP contribution in [0.1, 0.15) is 59.3 Å². The molecule has 0 aliphatic heterocycles. The standard InChI is InChI=1S/C20H34N4O9/c1-4-21-12(5-8-15(25)26)18(31)23-14(7-10-17(29)30)20(33)24-13(6-9-16(27)28)19(32)22-11(2)3/h11-14,21H,4-10H2,1-3H3,(H,22,32)(H,23,31)(H,24,33)(H,25,26)(H,27,28)(H,29,30). The van der Waals surface area contributed by atoms with Gasteiger partial charge in [-0.2, -0.15) is 0 Å². The van der Waals surface area contributed by atoms with Gasteiger partial charge in [-0.1, -0.05) is 6.92 Å². The predicted molar refractivity (Wildman–Crippen MR) is 115 cm³/mol. The summed E-state index contributed by atoms with van der Waals surface area (Å²) < 4.78 is 0. The number of carbonyl (C=O) groups is 6. The van der Waals surface area contributed by atoms with E-state index in [1.807, 2.05) is 0 Å². The van der Waals surface area contributed by atoms with Gasteiger partial charge in [-0.25, -0.2) is 0 Å². The van der Waals surface area contributed by atoms with Crippen LogP contribution in [-0.4, -0.2) is 81.7 Å². The van der Waals surface area contributed by atoms with Crippen LogP contribution in [0.15, 0.2) is 0 Å². The fraction of sp³-hybridized carbons (Fsp3) is 0.700. The first-order chi connectivity index (χ1) is 15.4. The Labute approximate surface area is 191 Å². The molecular formula is C20H34N4O9. The molecule has 0 rings (SSSR count). The maximum atomic E-state index is 12.8. The molecule has 188 valence electrons. The van der Waals surface area contributed by atoms with E-state index in [4.69, 9.17) is 15.3 Å². The van der Waals surface area contributed by atoms with E-state index in [1.54, 1.807) is 20.8 Å². The second-order valence-electron chi connectivity index (χ2n) is 7.69. The summed E-state index contributed by atoms with van der Waals surface area (Å²) >= 11 is 0. The Morgan fingerprint density at radius 3 is 1.27 bits per heavy atom. The molecule has 0 radical (unpaired) electrons. The summed E-state index contributed by atoms with van der Waals surface area (Å²) in [6.07, 6.45) is -1.72. The van der Waals surface area contributed by atoms with Gasteiger partial charge in [0, 0.05) is 25.3 Å². The van der Waals surface area contributed by atoms with Crippen LogP contribution >= 0.6 is 0 Å². The highest BCUT2D eigenvalue weighted by Gasteiger charge is 2.29. The summed E-state index contributed by atoms with van der Waals surface area (Å²) in [6, 6.07) is -3.76. The number of amides is 3. The second-order valence-corrected chi connectivity index (χ2v) is 7.69. The van der Waals surface area contributed by atoms with Gasteiger partial charge in [0.15, 0.2) is 0 Å². The molecule has 0 spiro atoms. The third-order valence-corrected chi connectivity index (χ3v) is 4.40. The first-order valence-corrected chi connectivity index (χ1v) is 10.7. The zero-order valence-corrected chi connectivity index (χ0v) is 19.1. The van der Waals surface area contributed by atoms with Gasteiger partial charge < -0.3 is 36.6 Å². The lowest BCUT2D eigenvalue weighted by Crippen LogP contribution is -2.56. The van der Waals surface area contributed by atoms with E-state index in [0.29, 0.717) is 6.54 Å². The summed E-state index contributed by atoms with van der Waals surface area (Å²) in [5.41, 5.74) is 0. The average Bonchev–Trinajstić information content (AvgIpc) is 2.69. The van der Waals surface area contributed by atoms with Crippen LogP contribution in [0, 0.1) is 0 Å². The van der Waals surface area contributed by atoms with Crippen molar-refractivity contribution >= 4 is 35.6 Å². The van der Waals surface area contributed by atoms with Crippen LogP contribution in [0.4, 0.5) is 0 Å². The van der Waals surface area contributed by atoms with Crippen molar-refractivity contribution in [2.75, 3.05) is 6.54 Å². The van der Waals surface area contributed by atoms with Crippen molar-refractivity contribution in [1.82, 2.24) is 21.3 Å². The Morgan fingerprint density at radius 2 is 0.939 bits per heavy atom. The molecule has 0 aliphatic rings. The van der Waals surface area contributed by atoms with E-state index in [9.17, 15) is 28.8 Å². The van der Waals surface area contributed by atoms with E-state index in [-0.39, 0.29) is 31.7 Å². The number of carboxylic acids is 3. The summed E-state index contributed by atoms with van der Waals surface area (Å²) in [5.74, 6) is -5.66. The molecule has 0 aromatic carbocycles. The Hall–Kier alpha value is -3.22. The molecule has 7 N–H and O–H groups in total. The van der Waals surface area contributed by atoms with E-state index in [2.05, 4.69) is 21.3 Å². The molecule has 0 aromatic heterocycles. The number of aliphatic carboxylic acids is 3. The highest BCUT2D eigenvalue weighted by Crippen LogP contribution is 2.06. The van der Waals surface area contributed by atoms with Crippen LogP contribution < -0.4 is 21.3 Å². The lowest BCUT2D eigenvalue weighted by Gasteiger charge is -2.25. The second kappa shape index (κ2) is 15.6. The monoisotopic (exact) mass is 474 g/mol. The van der Waals surface area contributed by atoms with Crippen molar-refractivity contribution in [3.8, 4) is 0 Å². The molecule has 0 fully saturated rings. The van der Waals surface area contributed by atoms with Gasteiger partial charge in [0.05, 0.1) is 6.04 Å². The molecule has 0 heterocycles. The Bertz CT molecular complexity index is 712. The average molecular weight is 475 g/mol. The first-order valence-electron chi connectivity index (χ1n) is 10.7. The molecule has 0 bridgehead atoms. The third-order valence-electron chi connectivity index (χ3n) is 4.40. The number of carbonyl (C=O) groups excluding carboxylic acids is 3. The Balaban J connectivity index is 5.51. The first kappa shape index (κ1) is 29.8. The summed E-state index contributed by atoms with van der Waals surface area (Å²) in [4.78, 5) is 70.6. The minimum Gasteiger partial charge on any atom is -0.481 e. The van der Waals surface area contributed by atoms with Gasteiger partial charge in [0.1, 0.15) is 12.1 Å². The van der Waals surface area contributed by atoms with Crippen molar-refractivity contribution in [2.45, 2.75) is 83.5 Å². The number of nitrogens with one attached hydrogen (secondary N) is 4. The maximum Gasteiger partial charge on any atom is 0.303 e. The fourth-order valence-electron chi connectivity index (χ4n) is 2.84. The molecule has 3 unspecified atom stereocenters. The van der Waals surface area contributed by atoms with E-state index < -0.39 is 66.6 Å². The van der Waals surface area contributed by atoms with E-state index >= 15 is 0 Å². The van der Waals surface area contributed by atoms with Crippen molar-refractivity contribution in [3.63, 3.8) is 0 Å². The summed E-state index contributed by atoms with van der Waals surface area (Å²) in [6.45, 7) is 5.41. The fourth-order valence-corrected chi connectivity index (χ4v) is 2.84. The molecular weight excluding hydrogens is 440 g/mol. The van der Waals surface area contributed by atoms with Gasteiger partial charge in [-0.3, -0.25) is 28.8 Å². The van der Waals surface area contributed by atoms with Crippen molar-refractivity contribution in [3.05, 3.63) is 0 Å². The molecule has 0 aliphatic carbocycles. The van der Waals surface area contributed by atoms with Gasteiger partial charge in [0.25, 0.3) is 0 Å². The lowest BCUT2D eigenvalue weighted by atomic mass is 10.1. The van der Waals surface area contributed by atoms with E-state index in [0.717, 1.165) is 0 Å². The third kappa shape index (κ3) is 13.7. The molecule has 0 saturated heterocycles. The maximum absolute atomic E-state index is 12.8. The smallest absolute Gasteiger partial charge is 0.303 e. The van der Waals surface area contributed by atoms with Crippen LogP contribution in [0.25, 0.3) is 0 Å². The van der Waals surface area contributed by atoms with Crippen molar-refractivity contribution in [1.29, 1.82) is 0 Å². The van der Waals surface area contributed by atoms with Crippen LogP contribution in [0.5, 0.6) is 0 Å². The number of rotatable bonds is 17. The topological polar surface area (TPSA) is 211 Å². The predicted octanol–water partition coefficient (Wildman–Crippen LogP) is -0.947. The zero-order chi connectivity index (χ0) is 25.6. The van der Waals surface area contributed by atoms with E-state index in [1.165, 1.54) is 0 Å². The summed E-state index contributed by atoms with van der Waals surface area (Å²) in [7, 11) is 0. The van der Waals surface area contributed by atoms with Gasteiger partial charge in [0.2, 0.25) is 17.7 Å². The Kier molecular flexibility index (Phi) is 14.0. The minimum absolute atomic E-state index is 0.0553. The normalized spacial score (nSPS) is 13.5. The summed E-state index contributed by atoms with van der Waals surface area (Å²) in [5, 5.41) is 36.9. The number of hydrogen-bond acceptors (Lipinski definition) is 7. The molecule has 3 atom stereocenters. The largest absolute Gasteiger partial charge is 0.481 e. The van der Waals surface area contributed by atoms with Crippen LogP contribution in [0.2, 0.25) is 0 Å². The minimum atomic E-state index is -1.33. The Morgan fingerprint density at radius 1 is 0.606 bits per heavy atom. The van der Waals surface area contributed by atoms with Crippen LogP contribution in [-0.2, 0) is 28.8 Å². The zero-order valence-electron chi connectivity index (χ0n) is 19.1. The molecule has 0 aromatic rings. The molecule has 13 nitrogen and oxygen atoms in total. The highest BCUT2D eigenvalue weighted by atomic mass is 16.4. The lowest BCUT2D eigenvalue weighted by molar-refractivity contribution is -0.140.